The molecule has 0 fully saturated rings. The molecule has 0 rings (SSSR count). The zero-order chi connectivity index (χ0) is 15.1. The summed E-state index contributed by atoms with van der Waals surface area (Å²) in [6.45, 7) is 11.7. The van der Waals surface area contributed by atoms with Crippen molar-refractivity contribution in [2.45, 2.75) is 59.9 Å². The summed E-state index contributed by atoms with van der Waals surface area (Å²) < 4.78 is 0. The zero-order valence-electron chi connectivity index (χ0n) is 13.1. The standard InChI is InChI=1S/C15H29N3O/c1-12(2)11-18(8-6-7-16)14(19)9-13(17)10-15(3,4)5/h12-13H,6,8-11,17H2,1-5H3. The van der Waals surface area contributed by atoms with Crippen molar-refractivity contribution < 1.29 is 4.79 Å². The molecule has 1 amide bonds. The number of rotatable bonds is 7. The molecule has 4 heteroatoms. The predicted molar refractivity (Wildman–Crippen MR) is 78.3 cm³/mol. The van der Waals surface area contributed by atoms with E-state index >= 15 is 0 Å². The monoisotopic (exact) mass is 267 g/mol. The lowest BCUT2D eigenvalue weighted by atomic mass is 9.87. The molecule has 0 saturated heterocycles. The van der Waals surface area contributed by atoms with Crippen LogP contribution in [0.15, 0.2) is 0 Å². The Hall–Kier alpha value is -1.08. The van der Waals surface area contributed by atoms with Crippen molar-refractivity contribution in [2.75, 3.05) is 13.1 Å². The van der Waals surface area contributed by atoms with Crippen LogP contribution in [0.2, 0.25) is 0 Å². The Morgan fingerprint density at radius 3 is 2.37 bits per heavy atom. The number of nitriles is 1. The van der Waals surface area contributed by atoms with Gasteiger partial charge < -0.3 is 10.6 Å². The fourth-order valence-corrected chi connectivity index (χ4v) is 2.16. The van der Waals surface area contributed by atoms with Crippen LogP contribution >= 0.6 is 0 Å². The lowest BCUT2D eigenvalue weighted by molar-refractivity contribution is -0.132. The van der Waals surface area contributed by atoms with E-state index in [1.807, 2.05) is 0 Å². The molecule has 0 heterocycles. The molecule has 110 valence electrons. The molecular weight excluding hydrogens is 238 g/mol. The van der Waals surface area contributed by atoms with Gasteiger partial charge in [-0.3, -0.25) is 4.79 Å². The summed E-state index contributed by atoms with van der Waals surface area (Å²) in [5.41, 5.74) is 6.18. The molecule has 0 aromatic heterocycles. The summed E-state index contributed by atoms with van der Waals surface area (Å²) in [4.78, 5) is 14.0. The third-order valence-corrected chi connectivity index (χ3v) is 2.74. The molecule has 0 aromatic rings. The molecule has 0 aliphatic rings. The highest BCUT2D eigenvalue weighted by molar-refractivity contribution is 5.76. The average molecular weight is 267 g/mol. The number of nitrogens with two attached hydrogens (primary N) is 1. The van der Waals surface area contributed by atoms with Crippen molar-refractivity contribution >= 4 is 5.91 Å². The number of carbonyl (C=O) groups excluding carboxylic acids is 1. The first-order valence-electron chi connectivity index (χ1n) is 7.06. The normalized spacial score (nSPS) is 13.2. The van der Waals surface area contributed by atoms with Crippen molar-refractivity contribution in [3.05, 3.63) is 0 Å². The second-order valence-electron chi connectivity index (χ2n) is 6.87. The Morgan fingerprint density at radius 1 is 1.37 bits per heavy atom. The van der Waals surface area contributed by atoms with E-state index in [1.54, 1.807) is 4.90 Å². The van der Waals surface area contributed by atoms with E-state index in [1.165, 1.54) is 0 Å². The van der Waals surface area contributed by atoms with Crippen molar-refractivity contribution in [3.8, 4) is 6.07 Å². The molecule has 19 heavy (non-hydrogen) atoms. The molecule has 0 saturated carbocycles. The van der Waals surface area contributed by atoms with Crippen LogP contribution in [-0.4, -0.2) is 29.9 Å². The third-order valence-electron chi connectivity index (χ3n) is 2.74. The zero-order valence-corrected chi connectivity index (χ0v) is 13.1. The Kier molecular flexibility index (Phi) is 7.70. The van der Waals surface area contributed by atoms with E-state index in [4.69, 9.17) is 11.0 Å². The van der Waals surface area contributed by atoms with Gasteiger partial charge in [0.05, 0.1) is 12.5 Å². The topological polar surface area (TPSA) is 70.1 Å². The average Bonchev–Trinajstić information content (AvgIpc) is 2.20. The van der Waals surface area contributed by atoms with Crippen molar-refractivity contribution in [3.63, 3.8) is 0 Å². The first-order chi connectivity index (χ1) is 8.65. The van der Waals surface area contributed by atoms with Crippen LogP contribution in [0.3, 0.4) is 0 Å². The van der Waals surface area contributed by atoms with Crippen molar-refractivity contribution in [1.29, 1.82) is 5.26 Å². The summed E-state index contributed by atoms with van der Waals surface area (Å²) in [5.74, 6) is 0.474. The Bertz CT molecular complexity index is 312. The fourth-order valence-electron chi connectivity index (χ4n) is 2.16. The maximum atomic E-state index is 12.2. The molecule has 0 radical (unpaired) electrons. The lowest BCUT2D eigenvalue weighted by Crippen LogP contribution is -2.39. The van der Waals surface area contributed by atoms with Gasteiger partial charge in [0.15, 0.2) is 0 Å². The van der Waals surface area contributed by atoms with Gasteiger partial charge in [-0.2, -0.15) is 5.26 Å². The lowest BCUT2D eigenvalue weighted by Gasteiger charge is -2.27. The van der Waals surface area contributed by atoms with E-state index in [0.29, 0.717) is 31.8 Å². The predicted octanol–water partition coefficient (Wildman–Crippen LogP) is 2.54. The molecule has 0 aliphatic carbocycles. The van der Waals surface area contributed by atoms with Gasteiger partial charge in [0.25, 0.3) is 0 Å². The Morgan fingerprint density at radius 2 is 1.95 bits per heavy atom. The maximum Gasteiger partial charge on any atom is 0.224 e. The van der Waals surface area contributed by atoms with Gasteiger partial charge in [-0.25, -0.2) is 0 Å². The molecular formula is C15H29N3O. The quantitative estimate of drug-likeness (QED) is 0.770. The number of amides is 1. The van der Waals surface area contributed by atoms with E-state index in [-0.39, 0.29) is 17.4 Å². The smallest absolute Gasteiger partial charge is 0.224 e. The highest BCUT2D eigenvalue weighted by Crippen LogP contribution is 2.21. The van der Waals surface area contributed by atoms with Crippen LogP contribution in [-0.2, 0) is 4.79 Å². The molecule has 0 aromatic carbocycles. The third kappa shape index (κ3) is 9.49. The molecule has 0 bridgehead atoms. The van der Waals surface area contributed by atoms with Crippen LogP contribution in [0.1, 0.15) is 53.9 Å². The van der Waals surface area contributed by atoms with E-state index in [2.05, 4.69) is 40.7 Å². The number of nitrogens with zero attached hydrogens (tertiary/aromatic N) is 2. The largest absolute Gasteiger partial charge is 0.341 e. The van der Waals surface area contributed by atoms with Crippen molar-refractivity contribution in [2.24, 2.45) is 17.1 Å². The van der Waals surface area contributed by atoms with Crippen LogP contribution in [0, 0.1) is 22.7 Å². The molecule has 1 atom stereocenters. The summed E-state index contributed by atoms with van der Waals surface area (Å²) in [7, 11) is 0. The first kappa shape index (κ1) is 17.9. The van der Waals surface area contributed by atoms with Gasteiger partial charge in [-0.15, -0.1) is 0 Å². The number of carbonyl (C=O) groups is 1. The minimum Gasteiger partial charge on any atom is -0.341 e. The number of hydrogen-bond acceptors (Lipinski definition) is 3. The second kappa shape index (κ2) is 8.16. The SMILES string of the molecule is CC(C)CN(CCC#N)C(=O)CC(N)CC(C)(C)C. The summed E-state index contributed by atoms with van der Waals surface area (Å²) in [5, 5.41) is 8.65. The summed E-state index contributed by atoms with van der Waals surface area (Å²) in [6, 6.07) is 1.99. The molecule has 4 nitrogen and oxygen atoms in total. The van der Waals surface area contributed by atoms with Gasteiger partial charge in [-0.05, 0) is 17.8 Å². The van der Waals surface area contributed by atoms with E-state index in [9.17, 15) is 4.79 Å². The van der Waals surface area contributed by atoms with Gasteiger partial charge in [0.1, 0.15) is 0 Å². The minimum absolute atomic E-state index is 0.0701. The van der Waals surface area contributed by atoms with Gasteiger partial charge in [0, 0.05) is 25.6 Å². The van der Waals surface area contributed by atoms with Gasteiger partial charge in [0.2, 0.25) is 5.91 Å². The van der Waals surface area contributed by atoms with Crippen LogP contribution < -0.4 is 5.73 Å². The van der Waals surface area contributed by atoms with E-state index in [0.717, 1.165) is 6.42 Å². The van der Waals surface area contributed by atoms with Crippen molar-refractivity contribution in [1.82, 2.24) is 4.90 Å². The maximum absolute atomic E-state index is 12.2. The van der Waals surface area contributed by atoms with Gasteiger partial charge in [-0.1, -0.05) is 34.6 Å². The van der Waals surface area contributed by atoms with Crippen LogP contribution in [0.5, 0.6) is 0 Å². The molecule has 2 N–H and O–H groups in total. The van der Waals surface area contributed by atoms with Gasteiger partial charge >= 0.3 is 0 Å². The first-order valence-corrected chi connectivity index (χ1v) is 7.06. The summed E-state index contributed by atoms with van der Waals surface area (Å²) >= 11 is 0. The minimum atomic E-state index is -0.107. The molecule has 1 unspecified atom stereocenters. The summed E-state index contributed by atoms with van der Waals surface area (Å²) in [6.07, 6.45) is 1.58. The molecule has 0 spiro atoms. The van der Waals surface area contributed by atoms with Crippen LogP contribution in [0.4, 0.5) is 0 Å². The fraction of sp³-hybridized carbons (Fsp3) is 0.867. The van der Waals surface area contributed by atoms with Crippen LogP contribution in [0.25, 0.3) is 0 Å². The van der Waals surface area contributed by atoms with E-state index < -0.39 is 0 Å². The molecule has 0 aliphatic heterocycles. The Labute approximate surface area is 118 Å². The highest BCUT2D eigenvalue weighted by Gasteiger charge is 2.21. The Balaban J connectivity index is 4.42. The highest BCUT2D eigenvalue weighted by atomic mass is 16.2. The second-order valence-corrected chi connectivity index (χ2v) is 6.87. The number of hydrogen-bond donors (Lipinski definition) is 1.